The van der Waals surface area contributed by atoms with Crippen LogP contribution >= 0.6 is 11.6 Å². The van der Waals surface area contributed by atoms with Crippen LogP contribution in [-0.4, -0.2) is 33.6 Å². The molecular formula is C25H20ClN3O5. The first-order valence-electron chi connectivity index (χ1n) is 10.5. The Morgan fingerprint density at radius 3 is 2.24 bits per heavy atom. The third-order valence-electron chi connectivity index (χ3n) is 5.64. The number of hydrogen-bond acceptors (Lipinski definition) is 5. The number of nitrogens with zero attached hydrogens (tertiary/aromatic N) is 3. The van der Waals surface area contributed by atoms with Crippen molar-refractivity contribution in [3.63, 3.8) is 0 Å². The van der Waals surface area contributed by atoms with Crippen LogP contribution in [0.2, 0.25) is 5.02 Å². The summed E-state index contributed by atoms with van der Waals surface area (Å²) in [5.41, 5.74) is 2.23. The maximum absolute atomic E-state index is 13.5. The number of non-ortho nitro benzene ring substituents is 1. The topological polar surface area (TPSA) is 101 Å². The molecule has 3 amide bonds. The van der Waals surface area contributed by atoms with Crippen molar-refractivity contribution >= 4 is 40.7 Å². The van der Waals surface area contributed by atoms with Crippen molar-refractivity contribution in [1.29, 1.82) is 0 Å². The van der Waals surface area contributed by atoms with Gasteiger partial charge in [-0.2, -0.15) is 0 Å². The fourth-order valence-corrected chi connectivity index (χ4v) is 3.95. The van der Waals surface area contributed by atoms with E-state index in [0.29, 0.717) is 10.7 Å². The van der Waals surface area contributed by atoms with Gasteiger partial charge in [0.15, 0.2) is 0 Å². The van der Waals surface area contributed by atoms with Crippen LogP contribution in [0.15, 0.2) is 72.8 Å². The van der Waals surface area contributed by atoms with Crippen molar-refractivity contribution in [3.8, 4) is 0 Å². The second-order valence-corrected chi connectivity index (χ2v) is 8.42. The molecule has 0 aromatic heterocycles. The summed E-state index contributed by atoms with van der Waals surface area (Å²) in [7, 11) is 0. The van der Waals surface area contributed by atoms with Crippen molar-refractivity contribution in [1.82, 2.24) is 4.90 Å². The fraction of sp³-hybridized carbons (Fsp3) is 0.160. The number of nitro groups is 1. The molecule has 8 nitrogen and oxygen atoms in total. The second kappa shape index (κ2) is 9.44. The first-order valence-corrected chi connectivity index (χ1v) is 10.9. The van der Waals surface area contributed by atoms with Crippen molar-refractivity contribution < 1.29 is 19.3 Å². The smallest absolute Gasteiger partial charge is 0.269 e. The van der Waals surface area contributed by atoms with Crippen LogP contribution in [-0.2, 0) is 16.1 Å². The fourth-order valence-electron chi connectivity index (χ4n) is 3.83. The number of halogens is 1. The highest BCUT2D eigenvalue weighted by atomic mass is 35.5. The van der Waals surface area contributed by atoms with Gasteiger partial charge in [-0.05, 0) is 48.9 Å². The zero-order chi connectivity index (χ0) is 24.4. The number of imide groups is 1. The Balaban J connectivity index is 1.68. The Morgan fingerprint density at radius 1 is 1.03 bits per heavy atom. The maximum atomic E-state index is 13.5. The van der Waals surface area contributed by atoms with E-state index < -0.39 is 28.7 Å². The molecule has 1 aliphatic rings. The molecule has 1 heterocycles. The number of amides is 3. The third kappa shape index (κ3) is 4.67. The van der Waals surface area contributed by atoms with E-state index in [1.807, 2.05) is 31.2 Å². The van der Waals surface area contributed by atoms with Gasteiger partial charge >= 0.3 is 0 Å². The molecule has 1 saturated heterocycles. The van der Waals surface area contributed by atoms with Gasteiger partial charge in [0, 0.05) is 29.3 Å². The second-order valence-electron chi connectivity index (χ2n) is 7.99. The Hall–Kier alpha value is -4.04. The van der Waals surface area contributed by atoms with Crippen LogP contribution in [0, 0.1) is 17.0 Å². The van der Waals surface area contributed by atoms with E-state index in [9.17, 15) is 24.5 Å². The van der Waals surface area contributed by atoms with Gasteiger partial charge in [0.2, 0.25) is 5.91 Å². The van der Waals surface area contributed by atoms with Gasteiger partial charge in [0.1, 0.15) is 6.04 Å². The van der Waals surface area contributed by atoms with Crippen LogP contribution in [0.25, 0.3) is 0 Å². The molecule has 1 aliphatic heterocycles. The minimum Gasteiger partial charge on any atom is -0.322 e. The van der Waals surface area contributed by atoms with E-state index in [0.717, 1.165) is 16.0 Å². The molecule has 1 atom stereocenters. The number of aryl methyl sites for hydroxylation is 1. The normalized spacial score (nSPS) is 15.5. The van der Waals surface area contributed by atoms with Crippen molar-refractivity contribution in [3.05, 3.63) is 105 Å². The molecule has 0 aliphatic carbocycles. The number of carbonyl (C=O) groups excluding carboxylic acids is 3. The quantitative estimate of drug-likeness (QED) is 0.295. The predicted molar refractivity (Wildman–Crippen MR) is 126 cm³/mol. The minimum atomic E-state index is -1.02. The maximum Gasteiger partial charge on any atom is 0.269 e. The van der Waals surface area contributed by atoms with Gasteiger partial charge in [-0.15, -0.1) is 0 Å². The summed E-state index contributed by atoms with van der Waals surface area (Å²) in [5.74, 6) is -1.45. The molecule has 172 valence electrons. The highest BCUT2D eigenvalue weighted by Crippen LogP contribution is 2.29. The van der Waals surface area contributed by atoms with Crippen LogP contribution in [0.3, 0.4) is 0 Å². The average Bonchev–Trinajstić information content (AvgIpc) is 3.12. The lowest BCUT2D eigenvalue weighted by atomic mass is 10.1. The van der Waals surface area contributed by atoms with E-state index >= 15 is 0 Å². The molecule has 1 unspecified atom stereocenters. The lowest BCUT2D eigenvalue weighted by molar-refractivity contribution is -0.384. The molecule has 0 bridgehead atoms. The zero-order valence-corrected chi connectivity index (χ0v) is 18.9. The number of carbonyl (C=O) groups is 3. The molecule has 0 spiro atoms. The van der Waals surface area contributed by atoms with E-state index in [1.165, 1.54) is 29.2 Å². The average molecular weight is 478 g/mol. The molecular weight excluding hydrogens is 458 g/mol. The molecule has 0 saturated carbocycles. The summed E-state index contributed by atoms with van der Waals surface area (Å²) in [5, 5.41) is 11.4. The number of hydrogen-bond donors (Lipinski definition) is 0. The van der Waals surface area contributed by atoms with Gasteiger partial charge < -0.3 is 4.90 Å². The summed E-state index contributed by atoms with van der Waals surface area (Å²) in [6.07, 6.45) is -0.175. The Kier molecular flexibility index (Phi) is 6.43. The predicted octanol–water partition coefficient (Wildman–Crippen LogP) is 4.53. The van der Waals surface area contributed by atoms with E-state index in [1.54, 1.807) is 24.3 Å². The first-order chi connectivity index (χ1) is 16.2. The SMILES string of the molecule is Cc1ccc(CN(C(=O)c2ccc([N+](=O)[O-])cc2)C2CC(=O)N(c3ccc(Cl)cc3)C2=O)cc1. The number of nitro benzene ring substituents is 1. The number of anilines is 1. The number of rotatable bonds is 6. The van der Waals surface area contributed by atoms with Crippen molar-refractivity contribution in [2.75, 3.05) is 4.90 Å². The zero-order valence-electron chi connectivity index (χ0n) is 18.2. The standard InChI is InChI=1S/C25H20ClN3O5/c1-16-2-4-17(5-3-16)15-27(24(31)18-6-10-21(11-7-18)29(33)34)22-14-23(30)28(25(22)32)20-12-8-19(26)9-13-20/h2-13,22H,14-15H2,1H3. The number of benzene rings is 3. The molecule has 34 heavy (non-hydrogen) atoms. The minimum absolute atomic E-state index is 0.0915. The summed E-state index contributed by atoms with van der Waals surface area (Å²) in [4.78, 5) is 52.5. The Morgan fingerprint density at radius 2 is 1.65 bits per heavy atom. The van der Waals surface area contributed by atoms with Gasteiger partial charge in [-0.1, -0.05) is 41.4 Å². The molecule has 4 rings (SSSR count). The lowest BCUT2D eigenvalue weighted by Crippen LogP contribution is -2.45. The summed E-state index contributed by atoms with van der Waals surface area (Å²) in [6, 6.07) is 17.9. The summed E-state index contributed by atoms with van der Waals surface area (Å²) in [6.45, 7) is 2.03. The molecule has 9 heteroatoms. The Bertz CT molecular complexity index is 1260. The van der Waals surface area contributed by atoms with Crippen LogP contribution in [0.5, 0.6) is 0 Å². The van der Waals surface area contributed by atoms with Gasteiger partial charge in [-0.25, -0.2) is 4.90 Å². The van der Waals surface area contributed by atoms with E-state index in [4.69, 9.17) is 11.6 Å². The van der Waals surface area contributed by atoms with Gasteiger partial charge in [0.25, 0.3) is 17.5 Å². The van der Waals surface area contributed by atoms with Crippen LogP contribution in [0.4, 0.5) is 11.4 Å². The van der Waals surface area contributed by atoms with E-state index in [2.05, 4.69) is 0 Å². The molecule has 1 fully saturated rings. The highest BCUT2D eigenvalue weighted by molar-refractivity contribution is 6.31. The lowest BCUT2D eigenvalue weighted by Gasteiger charge is -2.28. The summed E-state index contributed by atoms with van der Waals surface area (Å²) < 4.78 is 0. The largest absolute Gasteiger partial charge is 0.322 e. The first kappa shape index (κ1) is 23.1. The summed E-state index contributed by atoms with van der Waals surface area (Å²) >= 11 is 5.93. The van der Waals surface area contributed by atoms with Crippen molar-refractivity contribution in [2.45, 2.75) is 25.9 Å². The highest BCUT2D eigenvalue weighted by Gasteiger charge is 2.44. The van der Waals surface area contributed by atoms with Crippen molar-refractivity contribution in [2.24, 2.45) is 0 Å². The molecule has 0 N–H and O–H groups in total. The van der Waals surface area contributed by atoms with Crippen LogP contribution in [0.1, 0.15) is 27.9 Å². The Labute approximate surface area is 200 Å². The molecule has 0 radical (unpaired) electrons. The third-order valence-corrected chi connectivity index (χ3v) is 5.90. The van der Waals surface area contributed by atoms with Gasteiger partial charge in [-0.3, -0.25) is 24.5 Å². The molecule has 3 aromatic carbocycles. The monoisotopic (exact) mass is 477 g/mol. The van der Waals surface area contributed by atoms with Crippen LogP contribution < -0.4 is 4.90 Å². The van der Waals surface area contributed by atoms with E-state index in [-0.39, 0.29) is 24.2 Å². The van der Waals surface area contributed by atoms with Gasteiger partial charge in [0.05, 0.1) is 17.0 Å². The molecule has 3 aromatic rings.